The molecular weight excluding hydrogens is 224 g/mol. The number of nitrogens with zero attached hydrogens (tertiary/aromatic N) is 3. The summed E-state index contributed by atoms with van der Waals surface area (Å²) in [6.45, 7) is 5.06. The van der Waals surface area contributed by atoms with E-state index < -0.39 is 0 Å². The van der Waals surface area contributed by atoms with Gasteiger partial charge >= 0.3 is 0 Å². The molecule has 0 saturated heterocycles. The lowest BCUT2D eigenvalue weighted by Crippen LogP contribution is -2.25. The SMILES string of the molecule is CCCNC(c1cccnc1)c1ncc(C)cn1. The molecule has 4 heteroatoms. The Bertz CT molecular complexity index is 467. The molecule has 0 aliphatic carbocycles. The Morgan fingerprint density at radius 1 is 1.22 bits per heavy atom. The lowest BCUT2D eigenvalue weighted by molar-refractivity contribution is 0.570. The lowest BCUT2D eigenvalue weighted by atomic mass is 10.1. The monoisotopic (exact) mass is 242 g/mol. The maximum atomic E-state index is 4.41. The van der Waals surface area contributed by atoms with Crippen molar-refractivity contribution in [3.8, 4) is 0 Å². The largest absolute Gasteiger partial charge is 0.304 e. The maximum Gasteiger partial charge on any atom is 0.149 e. The molecule has 0 saturated carbocycles. The number of nitrogens with one attached hydrogen (secondary N) is 1. The summed E-state index contributed by atoms with van der Waals surface area (Å²) in [5.74, 6) is 0.794. The third-order valence-electron chi connectivity index (χ3n) is 2.68. The molecule has 94 valence electrons. The zero-order valence-corrected chi connectivity index (χ0v) is 10.8. The van der Waals surface area contributed by atoms with Gasteiger partial charge in [0, 0.05) is 24.8 Å². The highest BCUT2D eigenvalue weighted by atomic mass is 15.0. The van der Waals surface area contributed by atoms with Crippen molar-refractivity contribution < 1.29 is 0 Å². The number of aryl methyl sites for hydroxylation is 1. The minimum absolute atomic E-state index is 0.0132. The second-order valence-electron chi connectivity index (χ2n) is 4.29. The van der Waals surface area contributed by atoms with Crippen molar-refractivity contribution in [2.45, 2.75) is 26.3 Å². The first-order chi connectivity index (χ1) is 8.81. The number of rotatable bonds is 5. The van der Waals surface area contributed by atoms with Gasteiger partial charge in [-0.15, -0.1) is 0 Å². The summed E-state index contributed by atoms with van der Waals surface area (Å²) < 4.78 is 0. The van der Waals surface area contributed by atoms with E-state index in [4.69, 9.17) is 0 Å². The smallest absolute Gasteiger partial charge is 0.149 e. The van der Waals surface area contributed by atoms with Gasteiger partial charge < -0.3 is 5.32 Å². The fourth-order valence-corrected chi connectivity index (χ4v) is 1.75. The summed E-state index contributed by atoms with van der Waals surface area (Å²) in [7, 11) is 0. The second-order valence-corrected chi connectivity index (χ2v) is 4.29. The van der Waals surface area contributed by atoms with Gasteiger partial charge in [-0.25, -0.2) is 9.97 Å². The van der Waals surface area contributed by atoms with Crippen molar-refractivity contribution in [1.29, 1.82) is 0 Å². The van der Waals surface area contributed by atoms with E-state index in [9.17, 15) is 0 Å². The molecular formula is C14H18N4. The van der Waals surface area contributed by atoms with Gasteiger partial charge in [0.25, 0.3) is 0 Å². The highest BCUT2D eigenvalue weighted by molar-refractivity contribution is 5.21. The normalized spacial score (nSPS) is 12.3. The van der Waals surface area contributed by atoms with Gasteiger partial charge in [0.05, 0.1) is 6.04 Å². The fraction of sp³-hybridized carbons (Fsp3) is 0.357. The summed E-state index contributed by atoms with van der Waals surface area (Å²) in [5, 5.41) is 3.46. The summed E-state index contributed by atoms with van der Waals surface area (Å²) >= 11 is 0. The molecule has 0 aliphatic rings. The van der Waals surface area contributed by atoms with Gasteiger partial charge in [-0.3, -0.25) is 4.98 Å². The molecule has 1 unspecified atom stereocenters. The molecule has 0 aromatic carbocycles. The molecule has 2 aromatic heterocycles. The van der Waals surface area contributed by atoms with E-state index >= 15 is 0 Å². The summed E-state index contributed by atoms with van der Waals surface area (Å²) in [4.78, 5) is 13.0. The van der Waals surface area contributed by atoms with E-state index in [2.05, 4.69) is 27.2 Å². The first kappa shape index (κ1) is 12.6. The standard InChI is InChI=1S/C14H18N4/c1-3-6-16-13(12-5-4-7-15-10-12)14-17-8-11(2)9-18-14/h4-5,7-10,13,16H,3,6H2,1-2H3. The van der Waals surface area contributed by atoms with E-state index in [1.807, 2.05) is 37.6 Å². The molecule has 1 N–H and O–H groups in total. The van der Waals surface area contributed by atoms with Crippen molar-refractivity contribution in [3.05, 3.63) is 53.9 Å². The second kappa shape index (κ2) is 6.21. The zero-order chi connectivity index (χ0) is 12.8. The Morgan fingerprint density at radius 2 is 2.00 bits per heavy atom. The summed E-state index contributed by atoms with van der Waals surface area (Å²) in [6.07, 6.45) is 8.40. The molecule has 2 heterocycles. The Hall–Kier alpha value is -1.81. The minimum atomic E-state index is 0.0132. The van der Waals surface area contributed by atoms with Crippen LogP contribution in [0.5, 0.6) is 0 Å². The molecule has 0 fully saturated rings. The minimum Gasteiger partial charge on any atom is -0.304 e. The van der Waals surface area contributed by atoms with Crippen LogP contribution in [0.1, 0.15) is 36.3 Å². The van der Waals surface area contributed by atoms with Gasteiger partial charge in [-0.2, -0.15) is 0 Å². The Labute approximate surface area is 108 Å². The van der Waals surface area contributed by atoms with Crippen molar-refractivity contribution >= 4 is 0 Å². The number of hydrogen-bond donors (Lipinski definition) is 1. The number of aromatic nitrogens is 3. The molecule has 2 rings (SSSR count). The topological polar surface area (TPSA) is 50.7 Å². The molecule has 0 bridgehead atoms. The lowest BCUT2D eigenvalue weighted by Gasteiger charge is -2.17. The Kier molecular flexibility index (Phi) is 4.36. The van der Waals surface area contributed by atoms with Crippen LogP contribution in [-0.2, 0) is 0 Å². The number of pyridine rings is 1. The van der Waals surface area contributed by atoms with Crippen LogP contribution in [0.2, 0.25) is 0 Å². The molecule has 0 spiro atoms. The molecule has 0 radical (unpaired) electrons. The van der Waals surface area contributed by atoms with Crippen LogP contribution in [0.4, 0.5) is 0 Å². The Balaban J connectivity index is 2.27. The van der Waals surface area contributed by atoms with Crippen LogP contribution in [0.15, 0.2) is 36.9 Å². The molecule has 1 atom stereocenters. The fourth-order valence-electron chi connectivity index (χ4n) is 1.75. The van der Waals surface area contributed by atoms with E-state index in [0.29, 0.717) is 0 Å². The van der Waals surface area contributed by atoms with Crippen LogP contribution >= 0.6 is 0 Å². The quantitative estimate of drug-likeness (QED) is 0.873. The van der Waals surface area contributed by atoms with Crippen LogP contribution < -0.4 is 5.32 Å². The van der Waals surface area contributed by atoms with Gasteiger partial charge in [-0.05, 0) is 37.1 Å². The van der Waals surface area contributed by atoms with Crippen LogP contribution in [-0.4, -0.2) is 21.5 Å². The third kappa shape index (κ3) is 3.11. The average molecular weight is 242 g/mol. The van der Waals surface area contributed by atoms with E-state index in [1.165, 1.54) is 0 Å². The van der Waals surface area contributed by atoms with E-state index in [0.717, 1.165) is 29.9 Å². The van der Waals surface area contributed by atoms with E-state index in [-0.39, 0.29) is 6.04 Å². The number of hydrogen-bond acceptors (Lipinski definition) is 4. The summed E-state index contributed by atoms with van der Waals surface area (Å²) in [6, 6.07) is 3.99. The molecule has 0 aliphatic heterocycles. The van der Waals surface area contributed by atoms with Gasteiger partial charge in [0.15, 0.2) is 0 Å². The predicted molar refractivity (Wildman–Crippen MR) is 71.1 cm³/mol. The van der Waals surface area contributed by atoms with Crippen molar-refractivity contribution in [1.82, 2.24) is 20.3 Å². The molecule has 2 aromatic rings. The average Bonchev–Trinajstić information content (AvgIpc) is 2.42. The predicted octanol–water partition coefficient (Wildman–Crippen LogP) is 2.27. The maximum absolute atomic E-state index is 4.41. The van der Waals surface area contributed by atoms with E-state index in [1.54, 1.807) is 6.20 Å². The van der Waals surface area contributed by atoms with Crippen LogP contribution in [0, 0.1) is 6.92 Å². The highest BCUT2D eigenvalue weighted by Gasteiger charge is 2.15. The molecule has 0 amide bonds. The first-order valence-electron chi connectivity index (χ1n) is 6.23. The first-order valence-corrected chi connectivity index (χ1v) is 6.23. The van der Waals surface area contributed by atoms with Crippen LogP contribution in [0.25, 0.3) is 0 Å². The van der Waals surface area contributed by atoms with Gasteiger partial charge in [0.2, 0.25) is 0 Å². The highest BCUT2D eigenvalue weighted by Crippen LogP contribution is 2.17. The van der Waals surface area contributed by atoms with Gasteiger partial charge in [-0.1, -0.05) is 13.0 Å². The summed E-state index contributed by atoms with van der Waals surface area (Å²) in [5.41, 5.74) is 2.16. The Morgan fingerprint density at radius 3 is 2.61 bits per heavy atom. The van der Waals surface area contributed by atoms with Crippen molar-refractivity contribution in [3.63, 3.8) is 0 Å². The molecule has 4 nitrogen and oxygen atoms in total. The third-order valence-corrected chi connectivity index (χ3v) is 2.68. The van der Waals surface area contributed by atoms with Crippen molar-refractivity contribution in [2.24, 2.45) is 0 Å². The zero-order valence-electron chi connectivity index (χ0n) is 10.8. The van der Waals surface area contributed by atoms with Crippen LogP contribution in [0.3, 0.4) is 0 Å². The molecule has 18 heavy (non-hydrogen) atoms. The van der Waals surface area contributed by atoms with Gasteiger partial charge in [0.1, 0.15) is 5.82 Å². The van der Waals surface area contributed by atoms with Crippen molar-refractivity contribution in [2.75, 3.05) is 6.54 Å².